The maximum atomic E-state index is 12.5. The minimum Gasteiger partial charge on any atom is -0.348 e. The van der Waals surface area contributed by atoms with Gasteiger partial charge in [0.05, 0.1) is 18.3 Å². The van der Waals surface area contributed by atoms with E-state index in [0.717, 1.165) is 49.0 Å². The largest absolute Gasteiger partial charge is 0.348 e. The van der Waals surface area contributed by atoms with E-state index in [1.165, 1.54) is 0 Å². The van der Waals surface area contributed by atoms with Crippen molar-refractivity contribution in [3.05, 3.63) is 44.9 Å². The van der Waals surface area contributed by atoms with Crippen molar-refractivity contribution in [2.24, 2.45) is 0 Å². The summed E-state index contributed by atoms with van der Waals surface area (Å²) in [6.07, 6.45) is 1.02. The Balaban J connectivity index is 1.52. The van der Waals surface area contributed by atoms with Gasteiger partial charge in [0.15, 0.2) is 5.13 Å². The summed E-state index contributed by atoms with van der Waals surface area (Å²) in [5, 5.41) is 7.35. The Labute approximate surface area is 174 Å². The SMILES string of the molecule is Cc1csc(N2CCCN(CC(=O)NC(C)c3ccc(Cl)cc3Cl)CC2)n1. The van der Waals surface area contributed by atoms with Crippen molar-refractivity contribution in [3.8, 4) is 0 Å². The summed E-state index contributed by atoms with van der Waals surface area (Å²) < 4.78 is 0. The molecule has 1 unspecified atom stereocenters. The average molecular weight is 427 g/mol. The lowest BCUT2D eigenvalue weighted by atomic mass is 10.1. The molecule has 1 N–H and O–H groups in total. The number of benzene rings is 1. The number of carbonyl (C=O) groups excluding carboxylic acids is 1. The van der Waals surface area contributed by atoms with Gasteiger partial charge in [-0.2, -0.15) is 0 Å². The molecule has 5 nitrogen and oxygen atoms in total. The number of thiazole rings is 1. The number of nitrogens with one attached hydrogen (secondary N) is 1. The van der Waals surface area contributed by atoms with Crippen LogP contribution < -0.4 is 10.2 Å². The van der Waals surface area contributed by atoms with E-state index in [1.807, 2.05) is 19.9 Å². The second kappa shape index (κ2) is 9.24. The Morgan fingerprint density at radius 3 is 2.81 bits per heavy atom. The molecule has 2 aromatic rings. The third kappa shape index (κ3) is 5.57. The van der Waals surface area contributed by atoms with E-state index < -0.39 is 0 Å². The Morgan fingerprint density at radius 2 is 2.11 bits per heavy atom. The number of anilines is 1. The van der Waals surface area contributed by atoms with Crippen LogP contribution in [0.25, 0.3) is 0 Å². The number of aromatic nitrogens is 1. The third-order valence-corrected chi connectivity index (χ3v) is 6.22. The zero-order valence-corrected chi connectivity index (χ0v) is 17.9. The van der Waals surface area contributed by atoms with Crippen molar-refractivity contribution in [1.82, 2.24) is 15.2 Å². The average Bonchev–Trinajstić information content (AvgIpc) is 2.90. The van der Waals surface area contributed by atoms with Gasteiger partial charge in [-0.05, 0) is 38.0 Å². The molecule has 2 heterocycles. The van der Waals surface area contributed by atoms with Gasteiger partial charge in [-0.25, -0.2) is 4.98 Å². The van der Waals surface area contributed by atoms with Gasteiger partial charge in [-0.3, -0.25) is 9.69 Å². The van der Waals surface area contributed by atoms with Crippen LogP contribution in [0, 0.1) is 6.92 Å². The Hall–Kier alpha value is -1.34. The van der Waals surface area contributed by atoms with Gasteiger partial charge < -0.3 is 10.2 Å². The van der Waals surface area contributed by atoms with Crippen LogP contribution >= 0.6 is 34.5 Å². The van der Waals surface area contributed by atoms with Gasteiger partial charge in [0.1, 0.15) is 0 Å². The maximum absolute atomic E-state index is 12.5. The molecule has 1 fully saturated rings. The monoisotopic (exact) mass is 426 g/mol. The highest BCUT2D eigenvalue weighted by Crippen LogP contribution is 2.26. The van der Waals surface area contributed by atoms with Crippen molar-refractivity contribution in [1.29, 1.82) is 0 Å². The topological polar surface area (TPSA) is 48.5 Å². The normalized spacial score (nSPS) is 16.8. The van der Waals surface area contributed by atoms with E-state index in [9.17, 15) is 4.79 Å². The number of aryl methyl sites for hydroxylation is 1. The molecule has 1 atom stereocenters. The quantitative estimate of drug-likeness (QED) is 0.779. The van der Waals surface area contributed by atoms with Crippen molar-refractivity contribution >= 4 is 45.6 Å². The zero-order valence-electron chi connectivity index (χ0n) is 15.5. The summed E-state index contributed by atoms with van der Waals surface area (Å²) in [6.45, 7) is 7.96. The van der Waals surface area contributed by atoms with Crippen LogP contribution in [0.3, 0.4) is 0 Å². The Morgan fingerprint density at radius 1 is 1.30 bits per heavy atom. The smallest absolute Gasteiger partial charge is 0.234 e. The summed E-state index contributed by atoms with van der Waals surface area (Å²) in [6, 6.07) is 5.18. The van der Waals surface area contributed by atoms with Crippen LogP contribution in [0.2, 0.25) is 10.0 Å². The minimum absolute atomic E-state index is 0.00654. The molecule has 1 amide bonds. The van der Waals surface area contributed by atoms with E-state index in [-0.39, 0.29) is 11.9 Å². The molecule has 0 saturated carbocycles. The lowest BCUT2D eigenvalue weighted by Crippen LogP contribution is -2.40. The predicted octanol–water partition coefficient (Wildman–Crippen LogP) is 4.15. The molecule has 1 aromatic heterocycles. The number of hydrogen-bond donors (Lipinski definition) is 1. The molecule has 8 heteroatoms. The molecule has 1 saturated heterocycles. The third-order valence-electron chi connectivity index (χ3n) is 4.64. The summed E-state index contributed by atoms with van der Waals surface area (Å²) >= 11 is 13.9. The predicted molar refractivity (Wildman–Crippen MR) is 113 cm³/mol. The van der Waals surface area contributed by atoms with Gasteiger partial charge in [0, 0.05) is 41.6 Å². The van der Waals surface area contributed by atoms with Crippen LogP contribution in [0.1, 0.15) is 30.6 Å². The highest BCUT2D eigenvalue weighted by atomic mass is 35.5. The molecule has 1 aliphatic rings. The first kappa shape index (κ1) is 20.4. The number of nitrogens with zero attached hydrogens (tertiary/aromatic N) is 3. The van der Waals surface area contributed by atoms with Crippen molar-refractivity contribution < 1.29 is 4.79 Å². The first-order valence-electron chi connectivity index (χ1n) is 9.06. The molecule has 0 spiro atoms. The molecule has 146 valence electrons. The molecule has 0 bridgehead atoms. The number of halogens is 2. The van der Waals surface area contributed by atoms with Crippen LogP contribution in [-0.2, 0) is 4.79 Å². The summed E-state index contributed by atoms with van der Waals surface area (Å²) in [5.41, 5.74) is 1.93. The fraction of sp³-hybridized carbons (Fsp3) is 0.474. The number of carbonyl (C=O) groups is 1. The molecule has 1 aliphatic heterocycles. The first-order valence-corrected chi connectivity index (χ1v) is 10.7. The second-order valence-electron chi connectivity index (χ2n) is 6.84. The zero-order chi connectivity index (χ0) is 19.4. The van der Waals surface area contributed by atoms with Gasteiger partial charge in [-0.1, -0.05) is 29.3 Å². The number of rotatable bonds is 5. The summed E-state index contributed by atoms with van der Waals surface area (Å²) in [4.78, 5) is 21.6. The van der Waals surface area contributed by atoms with Crippen LogP contribution in [0.4, 0.5) is 5.13 Å². The van der Waals surface area contributed by atoms with Crippen LogP contribution in [0.15, 0.2) is 23.6 Å². The molecular weight excluding hydrogens is 403 g/mol. The highest BCUT2D eigenvalue weighted by molar-refractivity contribution is 7.13. The number of amides is 1. The highest BCUT2D eigenvalue weighted by Gasteiger charge is 2.20. The lowest BCUT2D eigenvalue weighted by Gasteiger charge is -2.22. The maximum Gasteiger partial charge on any atom is 0.234 e. The van der Waals surface area contributed by atoms with E-state index in [2.05, 4.69) is 25.5 Å². The fourth-order valence-corrected chi connectivity index (χ4v) is 4.66. The number of hydrogen-bond acceptors (Lipinski definition) is 5. The van der Waals surface area contributed by atoms with Gasteiger partial charge in [0.2, 0.25) is 5.91 Å². The van der Waals surface area contributed by atoms with Crippen LogP contribution in [-0.4, -0.2) is 48.5 Å². The second-order valence-corrected chi connectivity index (χ2v) is 8.52. The standard InChI is InChI=1S/C19H24Cl2N4OS/c1-13-12-27-19(22-13)25-7-3-6-24(8-9-25)11-18(26)23-14(2)16-5-4-15(20)10-17(16)21/h4-5,10,12,14H,3,6-9,11H2,1-2H3,(H,23,26). The van der Waals surface area contributed by atoms with Gasteiger partial charge in [-0.15, -0.1) is 11.3 Å². The van der Waals surface area contributed by atoms with E-state index in [0.29, 0.717) is 16.6 Å². The van der Waals surface area contributed by atoms with E-state index in [1.54, 1.807) is 23.5 Å². The van der Waals surface area contributed by atoms with E-state index in [4.69, 9.17) is 23.2 Å². The Bertz CT molecular complexity index is 798. The lowest BCUT2D eigenvalue weighted by molar-refractivity contribution is -0.122. The van der Waals surface area contributed by atoms with E-state index >= 15 is 0 Å². The molecule has 0 aliphatic carbocycles. The van der Waals surface area contributed by atoms with Crippen molar-refractivity contribution in [3.63, 3.8) is 0 Å². The molecule has 1 aromatic carbocycles. The Kier molecular flexibility index (Phi) is 6.98. The van der Waals surface area contributed by atoms with Crippen LogP contribution in [0.5, 0.6) is 0 Å². The van der Waals surface area contributed by atoms with Gasteiger partial charge >= 0.3 is 0 Å². The summed E-state index contributed by atoms with van der Waals surface area (Å²) in [7, 11) is 0. The minimum atomic E-state index is -0.163. The fourth-order valence-electron chi connectivity index (χ4n) is 3.23. The van der Waals surface area contributed by atoms with Gasteiger partial charge in [0.25, 0.3) is 0 Å². The van der Waals surface area contributed by atoms with Crippen molar-refractivity contribution in [2.75, 3.05) is 37.6 Å². The first-order chi connectivity index (χ1) is 12.9. The molecule has 3 rings (SSSR count). The molecular formula is C19H24Cl2N4OS. The summed E-state index contributed by atoms with van der Waals surface area (Å²) in [5.74, 6) is 0.00654. The molecule has 27 heavy (non-hydrogen) atoms. The van der Waals surface area contributed by atoms with Crippen molar-refractivity contribution in [2.45, 2.75) is 26.3 Å². The molecule has 0 radical (unpaired) electrons.